The molecule has 0 saturated heterocycles. The summed E-state index contributed by atoms with van der Waals surface area (Å²) < 4.78 is 0. The van der Waals surface area contributed by atoms with Gasteiger partial charge in [0, 0.05) is 25.8 Å². The van der Waals surface area contributed by atoms with E-state index in [0.29, 0.717) is 0 Å². The molecule has 1 aromatic carbocycles. The summed E-state index contributed by atoms with van der Waals surface area (Å²) in [7, 11) is 4.16. The number of nitrogens with zero attached hydrogens (tertiary/aromatic N) is 1. The molecule has 1 N–H and O–H groups in total. The number of benzene rings is 1. The Morgan fingerprint density at radius 3 is 2.25 bits per heavy atom. The lowest BCUT2D eigenvalue weighted by atomic mass is 9.92. The molecular formula is C14H24N2. The first-order chi connectivity index (χ1) is 7.44. The van der Waals surface area contributed by atoms with Crippen molar-refractivity contribution in [1.29, 1.82) is 0 Å². The fraction of sp³-hybridized carbons (Fsp3) is 0.571. The molecule has 0 saturated carbocycles. The molecule has 0 amide bonds. The van der Waals surface area contributed by atoms with E-state index in [1.54, 1.807) is 0 Å². The van der Waals surface area contributed by atoms with Crippen molar-refractivity contribution in [3.8, 4) is 0 Å². The number of nitrogens with one attached hydrogen (secondary N) is 1. The average Bonchev–Trinajstić information content (AvgIpc) is 2.17. The number of hydrogen-bond acceptors (Lipinski definition) is 2. The minimum Gasteiger partial charge on any atom is -0.374 e. The molecule has 0 spiro atoms. The van der Waals surface area contributed by atoms with Crippen molar-refractivity contribution in [1.82, 2.24) is 5.32 Å². The van der Waals surface area contributed by atoms with Crippen LogP contribution in [0.1, 0.15) is 19.4 Å². The number of hydrogen-bond donors (Lipinski definition) is 1. The number of rotatable bonds is 5. The Hall–Kier alpha value is -1.02. The highest BCUT2D eigenvalue weighted by atomic mass is 15.1. The second kappa shape index (κ2) is 5.35. The summed E-state index contributed by atoms with van der Waals surface area (Å²) in [5.41, 5.74) is 2.88. The third-order valence-corrected chi connectivity index (χ3v) is 2.80. The van der Waals surface area contributed by atoms with Crippen LogP contribution in [0.2, 0.25) is 0 Å². The lowest BCUT2D eigenvalue weighted by Crippen LogP contribution is -2.37. The molecule has 0 fully saturated rings. The molecular weight excluding hydrogens is 196 g/mol. The summed E-state index contributed by atoms with van der Waals surface area (Å²) >= 11 is 0. The van der Waals surface area contributed by atoms with Crippen LogP contribution in [0.5, 0.6) is 0 Å². The highest BCUT2D eigenvalue weighted by Gasteiger charge is 2.19. The van der Waals surface area contributed by atoms with Crippen LogP contribution >= 0.6 is 0 Å². The molecule has 0 bridgehead atoms. The fourth-order valence-corrected chi connectivity index (χ4v) is 2.07. The molecule has 0 aliphatic carbocycles. The van der Waals surface area contributed by atoms with Gasteiger partial charge in [-0.3, -0.25) is 0 Å². The second-order valence-corrected chi connectivity index (χ2v) is 5.39. The Balaban J connectivity index is 2.64. The van der Waals surface area contributed by atoms with Gasteiger partial charge >= 0.3 is 0 Å². The van der Waals surface area contributed by atoms with Gasteiger partial charge in [0.15, 0.2) is 0 Å². The first-order valence-corrected chi connectivity index (χ1v) is 5.87. The van der Waals surface area contributed by atoms with Gasteiger partial charge < -0.3 is 10.2 Å². The van der Waals surface area contributed by atoms with Crippen molar-refractivity contribution in [3.05, 3.63) is 29.8 Å². The summed E-state index contributed by atoms with van der Waals surface area (Å²) in [6.07, 6.45) is 0. The molecule has 0 radical (unpaired) electrons. The quantitative estimate of drug-likeness (QED) is 0.820. The normalized spacial score (nSPS) is 11.6. The van der Waals surface area contributed by atoms with Crippen molar-refractivity contribution in [3.63, 3.8) is 0 Å². The smallest absolute Gasteiger partial charge is 0.0363 e. The van der Waals surface area contributed by atoms with E-state index < -0.39 is 0 Å². The third kappa shape index (κ3) is 3.86. The summed E-state index contributed by atoms with van der Waals surface area (Å²) in [5, 5.41) is 3.25. The van der Waals surface area contributed by atoms with E-state index in [9.17, 15) is 0 Å². The first kappa shape index (κ1) is 13.0. The molecule has 0 atom stereocenters. The standard InChI is InChI=1S/C14H24N2/c1-12-6-8-13(9-7-12)16(5)11-14(2,3)10-15-4/h6-9,15H,10-11H2,1-5H3. The molecule has 0 aliphatic rings. The monoisotopic (exact) mass is 220 g/mol. The van der Waals surface area contributed by atoms with E-state index in [2.05, 4.69) is 62.3 Å². The van der Waals surface area contributed by atoms with Crippen LogP contribution in [0.15, 0.2) is 24.3 Å². The van der Waals surface area contributed by atoms with Gasteiger partial charge in [0.1, 0.15) is 0 Å². The van der Waals surface area contributed by atoms with Crippen LogP contribution in [0.25, 0.3) is 0 Å². The topological polar surface area (TPSA) is 15.3 Å². The zero-order valence-electron chi connectivity index (χ0n) is 11.2. The Labute approximate surface area is 99.7 Å². The Morgan fingerprint density at radius 1 is 1.19 bits per heavy atom. The SMILES string of the molecule is CNCC(C)(C)CN(C)c1ccc(C)cc1. The van der Waals surface area contributed by atoms with Crippen molar-refractivity contribution in [2.45, 2.75) is 20.8 Å². The van der Waals surface area contributed by atoms with Crippen LogP contribution in [0, 0.1) is 12.3 Å². The largest absolute Gasteiger partial charge is 0.374 e. The van der Waals surface area contributed by atoms with E-state index in [-0.39, 0.29) is 5.41 Å². The molecule has 1 aromatic rings. The van der Waals surface area contributed by atoms with Gasteiger partial charge in [-0.05, 0) is 31.5 Å². The van der Waals surface area contributed by atoms with Crippen LogP contribution in [0.3, 0.4) is 0 Å². The third-order valence-electron chi connectivity index (χ3n) is 2.80. The van der Waals surface area contributed by atoms with Gasteiger partial charge in [-0.15, -0.1) is 0 Å². The van der Waals surface area contributed by atoms with Crippen molar-refractivity contribution >= 4 is 5.69 Å². The van der Waals surface area contributed by atoms with Crippen LogP contribution < -0.4 is 10.2 Å². The molecule has 0 aromatic heterocycles. The molecule has 2 heteroatoms. The summed E-state index contributed by atoms with van der Waals surface area (Å²) in [6.45, 7) is 8.78. The van der Waals surface area contributed by atoms with Gasteiger partial charge in [-0.1, -0.05) is 31.5 Å². The van der Waals surface area contributed by atoms with Gasteiger partial charge in [-0.2, -0.15) is 0 Å². The van der Waals surface area contributed by atoms with Crippen molar-refractivity contribution in [2.24, 2.45) is 5.41 Å². The number of aryl methyl sites for hydroxylation is 1. The molecule has 16 heavy (non-hydrogen) atoms. The highest BCUT2D eigenvalue weighted by Crippen LogP contribution is 2.20. The van der Waals surface area contributed by atoms with E-state index in [0.717, 1.165) is 13.1 Å². The van der Waals surface area contributed by atoms with Crippen molar-refractivity contribution in [2.75, 3.05) is 32.1 Å². The van der Waals surface area contributed by atoms with Crippen molar-refractivity contribution < 1.29 is 0 Å². The molecule has 0 heterocycles. The van der Waals surface area contributed by atoms with E-state index >= 15 is 0 Å². The fourth-order valence-electron chi connectivity index (χ4n) is 2.07. The maximum atomic E-state index is 3.25. The average molecular weight is 220 g/mol. The minimum absolute atomic E-state index is 0.286. The maximum absolute atomic E-state index is 3.25. The zero-order valence-corrected chi connectivity index (χ0v) is 11.2. The Kier molecular flexibility index (Phi) is 4.36. The minimum atomic E-state index is 0.286. The summed E-state index contributed by atoms with van der Waals surface area (Å²) in [5.74, 6) is 0. The van der Waals surface area contributed by atoms with Crippen LogP contribution in [-0.2, 0) is 0 Å². The first-order valence-electron chi connectivity index (χ1n) is 5.87. The van der Waals surface area contributed by atoms with E-state index in [1.165, 1.54) is 11.3 Å². The Morgan fingerprint density at radius 2 is 1.75 bits per heavy atom. The summed E-state index contributed by atoms with van der Waals surface area (Å²) in [6, 6.07) is 8.70. The number of anilines is 1. The maximum Gasteiger partial charge on any atom is 0.0363 e. The van der Waals surface area contributed by atoms with Gasteiger partial charge in [0.25, 0.3) is 0 Å². The van der Waals surface area contributed by atoms with Gasteiger partial charge in [-0.25, -0.2) is 0 Å². The molecule has 2 nitrogen and oxygen atoms in total. The second-order valence-electron chi connectivity index (χ2n) is 5.39. The highest BCUT2D eigenvalue weighted by molar-refractivity contribution is 5.46. The predicted octanol–water partition coefficient (Wildman–Crippen LogP) is 2.68. The summed E-state index contributed by atoms with van der Waals surface area (Å²) in [4.78, 5) is 2.32. The molecule has 90 valence electrons. The van der Waals surface area contributed by atoms with Crippen LogP contribution in [0.4, 0.5) is 5.69 Å². The van der Waals surface area contributed by atoms with E-state index in [1.807, 2.05) is 7.05 Å². The lowest BCUT2D eigenvalue weighted by molar-refractivity contribution is 0.358. The molecule has 1 rings (SSSR count). The molecule has 0 unspecified atom stereocenters. The van der Waals surface area contributed by atoms with Gasteiger partial charge in [0.2, 0.25) is 0 Å². The van der Waals surface area contributed by atoms with E-state index in [4.69, 9.17) is 0 Å². The lowest BCUT2D eigenvalue weighted by Gasteiger charge is -2.31. The zero-order chi connectivity index (χ0) is 12.2. The van der Waals surface area contributed by atoms with Crippen LogP contribution in [-0.4, -0.2) is 27.2 Å². The molecule has 0 aliphatic heterocycles. The Bertz CT molecular complexity index is 314. The predicted molar refractivity (Wildman–Crippen MR) is 72.2 cm³/mol. The van der Waals surface area contributed by atoms with Gasteiger partial charge in [0.05, 0.1) is 0 Å².